The molecule has 1 aromatic heterocycles. The molecule has 34 heavy (non-hydrogen) atoms. The van der Waals surface area contributed by atoms with E-state index in [1.165, 1.54) is 19.4 Å². The lowest BCUT2D eigenvalue weighted by Crippen LogP contribution is -2.56. The van der Waals surface area contributed by atoms with Crippen LogP contribution in [0.5, 0.6) is 0 Å². The lowest BCUT2D eigenvalue weighted by atomic mass is 9.93. The SMILES string of the molecule is CC(=O)N[C@@H](CC#N)[C@@H](O)[C@H](O)[C@@H](Cc1ccccc1)NC(=O)c1csc(N(C)S(C)(=O)=O)n1. The first-order valence-electron chi connectivity index (χ1n) is 10.2. The minimum Gasteiger partial charge on any atom is -0.388 e. The van der Waals surface area contributed by atoms with Gasteiger partial charge in [-0.2, -0.15) is 5.26 Å². The summed E-state index contributed by atoms with van der Waals surface area (Å²) in [5, 5.41) is 37.2. The Balaban J connectivity index is 2.28. The van der Waals surface area contributed by atoms with Crippen molar-refractivity contribution in [3.63, 3.8) is 0 Å². The number of aromatic nitrogens is 1. The lowest BCUT2D eigenvalue weighted by Gasteiger charge is -2.31. The second-order valence-corrected chi connectivity index (χ2v) is 10.5. The lowest BCUT2D eigenvalue weighted by molar-refractivity contribution is -0.121. The number of anilines is 1. The van der Waals surface area contributed by atoms with Gasteiger partial charge in [0.25, 0.3) is 5.91 Å². The van der Waals surface area contributed by atoms with Gasteiger partial charge >= 0.3 is 0 Å². The molecule has 0 radical (unpaired) electrons. The minimum atomic E-state index is -3.57. The molecule has 2 amide bonds. The van der Waals surface area contributed by atoms with Crippen LogP contribution in [0, 0.1) is 11.3 Å². The molecule has 4 N–H and O–H groups in total. The van der Waals surface area contributed by atoms with Gasteiger partial charge in [-0.25, -0.2) is 17.7 Å². The fourth-order valence-electron chi connectivity index (χ4n) is 3.12. The monoisotopic (exact) mass is 509 g/mol. The molecule has 1 heterocycles. The van der Waals surface area contributed by atoms with E-state index in [1.807, 2.05) is 6.07 Å². The normalized spacial score (nSPS) is 14.8. The molecular formula is C21H27N5O6S2. The van der Waals surface area contributed by atoms with Gasteiger partial charge < -0.3 is 20.8 Å². The zero-order chi connectivity index (χ0) is 25.5. The molecule has 0 saturated heterocycles. The molecule has 0 aliphatic carbocycles. The van der Waals surface area contributed by atoms with E-state index in [1.54, 1.807) is 30.3 Å². The molecule has 4 atom stereocenters. The number of aliphatic hydroxyl groups excluding tert-OH is 2. The number of carbonyl (C=O) groups is 2. The van der Waals surface area contributed by atoms with E-state index in [0.717, 1.165) is 27.5 Å². The molecule has 0 saturated carbocycles. The Hall–Kier alpha value is -3.05. The third-order valence-electron chi connectivity index (χ3n) is 4.98. The highest BCUT2D eigenvalue weighted by atomic mass is 32.2. The third kappa shape index (κ3) is 7.49. The number of amides is 2. The second kappa shape index (κ2) is 11.9. The Morgan fingerprint density at radius 1 is 1.18 bits per heavy atom. The average molecular weight is 510 g/mol. The van der Waals surface area contributed by atoms with Gasteiger partial charge in [-0.15, -0.1) is 11.3 Å². The van der Waals surface area contributed by atoms with E-state index < -0.39 is 46.1 Å². The van der Waals surface area contributed by atoms with Gasteiger partial charge in [0.1, 0.15) is 17.9 Å². The first-order valence-corrected chi connectivity index (χ1v) is 12.9. The van der Waals surface area contributed by atoms with Crippen molar-refractivity contribution in [2.75, 3.05) is 17.6 Å². The van der Waals surface area contributed by atoms with Crippen LogP contribution in [0.25, 0.3) is 0 Å². The molecule has 184 valence electrons. The van der Waals surface area contributed by atoms with Crippen LogP contribution in [0.1, 0.15) is 29.4 Å². The summed E-state index contributed by atoms with van der Waals surface area (Å²) >= 11 is 0.956. The summed E-state index contributed by atoms with van der Waals surface area (Å²) in [6.45, 7) is 1.22. The highest BCUT2D eigenvalue weighted by molar-refractivity contribution is 7.92. The van der Waals surface area contributed by atoms with Crippen molar-refractivity contribution in [1.82, 2.24) is 15.6 Å². The minimum absolute atomic E-state index is 0.0642. The molecule has 2 aromatic rings. The standard InChI is InChI=1S/C21H27N5O6S2/c1-13(27)23-15(9-10-22)18(28)19(29)16(11-14-7-5-4-6-8-14)24-20(30)17-12-33-21(25-17)26(2)34(3,31)32/h4-8,12,15-16,18-19,28-29H,9,11H2,1-3H3,(H,23,27)(H,24,30)/t15-,16+,18+,19+/m0/s1. The fourth-order valence-corrected chi connectivity index (χ4v) is 4.65. The van der Waals surface area contributed by atoms with E-state index in [2.05, 4.69) is 15.6 Å². The Morgan fingerprint density at radius 2 is 1.79 bits per heavy atom. The Kier molecular flexibility index (Phi) is 9.51. The number of rotatable bonds is 11. The van der Waals surface area contributed by atoms with Crippen molar-refractivity contribution in [3.8, 4) is 6.07 Å². The average Bonchev–Trinajstić information content (AvgIpc) is 3.27. The predicted octanol–water partition coefficient (Wildman–Crippen LogP) is 0.0202. The van der Waals surface area contributed by atoms with Gasteiger partial charge in [-0.05, 0) is 12.0 Å². The number of benzene rings is 1. The Bertz CT molecular complexity index is 1130. The maximum atomic E-state index is 12.9. The molecule has 0 bridgehead atoms. The fraction of sp³-hybridized carbons (Fsp3) is 0.429. The van der Waals surface area contributed by atoms with Crippen molar-refractivity contribution in [2.24, 2.45) is 0 Å². The van der Waals surface area contributed by atoms with Crippen LogP contribution in [-0.2, 0) is 21.2 Å². The first-order chi connectivity index (χ1) is 15.9. The number of carbonyl (C=O) groups excluding carboxylic acids is 2. The topological polar surface area (TPSA) is 173 Å². The van der Waals surface area contributed by atoms with Gasteiger partial charge in [-0.1, -0.05) is 30.3 Å². The van der Waals surface area contributed by atoms with E-state index >= 15 is 0 Å². The van der Waals surface area contributed by atoms with Crippen molar-refractivity contribution in [3.05, 3.63) is 47.0 Å². The number of nitrogens with zero attached hydrogens (tertiary/aromatic N) is 3. The van der Waals surface area contributed by atoms with Crippen molar-refractivity contribution < 1.29 is 28.2 Å². The van der Waals surface area contributed by atoms with Crippen LogP contribution in [0.3, 0.4) is 0 Å². The summed E-state index contributed by atoms with van der Waals surface area (Å²) in [5.74, 6) is -1.17. The highest BCUT2D eigenvalue weighted by Gasteiger charge is 2.34. The molecule has 0 fully saturated rings. The molecule has 0 aliphatic rings. The predicted molar refractivity (Wildman–Crippen MR) is 127 cm³/mol. The Labute approximate surface area is 202 Å². The number of sulfonamides is 1. The maximum Gasteiger partial charge on any atom is 0.271 e. The third-order valence-corrected chi connectivity index (χ3v) is 7.18. The van der Waals surface area contributed by atoms with Crippen LogP contribution in [0.2, 0.25) is 0 Å². The summed E-state index contributed by atoms with van der Waals surface area (Å²) in [6, 6.07) is 8.70. The number of nitriles is 1. The van der Waals surface area contributed by atoms with Gasteiger partial charge in [-0.3, -0.25) is 9.59 Å². The van der Waals surface area contributed by atoms with Crippen LogP contribution in [-0.4, -0.2) is 73.0 Å². The van der Waals surface area contributed by atoms with Gasteiger partial charge in [0.05, 0.1) is 30.8 Å². The van der Waals surface area contributed by atoms with E-state index in [4.69, 9.17) is 5.26 Å². The molecule has 0 spiro atoms. The Morgan fingerprint density at radius 3 is 2.35 bits per heavy atom. The summed E-state index contributed by atoms with van der Waals surface area (Å²) in [5.41, 5.74) is 0.692. The number of thiazole rings is 1. The van der Waals surface area contributed by atoms with E-state index in [-0.39, 0.29) is 23.7 Å². The highest BCUT2D eigenvalue weighted by Crippen LogP contribution is 2.22. The summed E-state index contributed by atoms with van der Waals surface area (Å²) in [7, 11) is -2.25. The molecule has 1 aromatic carbocycles. The summed E-state index contributed by atoms with van der Waals surface area (Å²) < 4.78 is 24.4. The molecule has 0 aliphatic heterocycles. The summed E-state index contributed by atoms with van der Waals surface area (Å²) in [6.07, 6.45) is -2.22. The van der Waals surface area contributed by atoms with Crippen LogP contribution >= 0.6 is 11.3 Å². The van der Waals surface area contributed by atoms with Crippen molar-refractivity contribution in [1.29, 1.82) is 5.26 Å². The smallest absolute Gasteiger partial charge is 0.271 e. The van der Waals surface area contributed by atoms with Gasteiger partial charge in [0, 0.05) is 19.4 Å². The molecule has 11 nitrogen and oxygen atoms in total. The summed E-state index contributed by atoms with van der Waals surface area (Å²) in [4.78, 5) is 28.4. The quantitative estimate of drug-likeness (QED) is 0.328. The molecule has 0 unspecified atom stereocenters. The largest absolute Gasteiger partial charge is 0.388 e. The van der Waals surface area contributed by atoms with Gasteiger partial charge in [0.2, 0.25) is 15.9 Å². The van der Waals surface area contributed by atoms with Crippen LogP contribution in [0.4, 0.5) is 5.13 Å². The number of aliphatic hydroxyl groups is 2. The number of hydrogen-bond acceptors (Lipinski definition) is 9. The maximum absolute atomic E-state index is 12.9. The van der Waals surface area contributed by atoms with Crippen LogP contribution in [0.15, 0.2) is 35.7 Å². The van der Waals surface area contributed by atoms with Gasteiger partial charge in [0.15, 0.2) is 5.13 Å². The van der Waals surface area contributed by atoms with Crippen molar-refractivity contribution in [2.45, 2.75) is 44.1 Å². The zero-order valence-electron chi connectivity index (χ0n) is 18.9. The number of nitrogens with one attached hydrogen (secondary N) is 2. The van der Waals surface area contributed by atoms with E-state index in [9.17, 15) is 28.2 Å². The van der Waals surface area contributed by atoms with E-state index in [0.29, 0.717) is 0 Å². The molecule has 13 heteroatoms. The zero-order valence-corrected chi connectivity index (χ0v) is 20.5. The molecular weight excluding hydrogens is 482 g/mol. The van der Waals surface area contributed by atoms with Crippen molar-refractivity contribution >= 4 is 38.3 Å². The first kappa shape index (κ1) is 27.2. The van der Waals surface area contributed by atoms with Crippen LogP contribution < -0.4 is 14.9 Å². The molecule has 2 rings (SSSR count). The second-order valence-electron chi connectivity index (χ2n) is 7.67. The number of hydrogen-bond donors (Lipinski definition) is 4.